The van der Waals surface area contributed by atoms with Gasteiger partial charge in [0.1, 0.15) is 40.8 Å². The number of rotatable bonds is 9. The van der Waals surface area contributed by atoms with Crippen LogP contribution in [0.15, 0.2) is 66.7 Å². The van der Waals surface area contributed by atoms with Crippen molar-refractivity contribution in [3.05, 3.63) is 83.4 Å². The maximum absolute atomic E-state index is 14.5. The molecule has 0 radical (unpaired) electrons. The van der Waals surface area contributed by atoms with Crippen LogP contribution in [0.25, 0.3) is 0 Å². The van der Waals surface area contributed by atoms with Crippen LogP contribution in [0, 0.1) is 5.92 Å². The van der Waals surface area contributed by atoms with E-state index in [2.05, 4.69) is 0 Å². The molecule has 4 rings (SSSR count). The Balaban J connectivity index is 2.06. The van der Waals surface area contributed by atoms with Crippen LogP contribution in [0.5, 0.6) is 23.0 Å². The molecule has 1 heterocycles. The zero-order valence-electron chi connectivity index (χ0n) is 20.3. The fourth-order valence-electron chi connectivity index (χ4n) is 4.73. The van der Waals surface area contributed by atoms with Gasteiger partial charge in [0, 0.05) is 17.7 Å². The fraction of sp³-hybridized carbons (Fsp3) is 0.250. The van der Waals surface area contributed by atoms with Gasteiger partial charge in [0.25, 0.3) is 0 Å². The lowest BCUT2D eigenvalue weighted by Crippen LogP contribution is -2.48. The number of ketones is 1. The molecule has 0 bridgehead atoms. The summed E-state index contributed by atoms with van der Waals surface area (Å²) in [5.41, 5.74) is -0.655. The first-order valence-corrected chi connectivity index (χ1v) is 11.2. The molecule has 0 N–H and O–H groups in total. The van der Waals surface area contributed by atoms with Gasteiger partial charge in [0.15, 0.2) is 0 Å². The third kappa shape index (κ3) is 3.94. The molecule has 0 fully saturated rings. The van der Waals surface area contributed by atoms with Crippen molar-refractivity contribution < 1.29 is 38.1 Å². The summed E-state index contributed by atoms with van der Waals surface area (Å²) in [6.45, 7) is 0. The molecule has 1 aliphatic rings. The highest BCUT2D eigenvalue weighted by Gasteiger charge is 2.60. The lowest BCUT2D eigenvalue weighted by molar-refractivity contribution is -0.149. The van der Waals surface area contributed by atoms with E-state index in [9.17, 15) is 14.4 Å². The van der Waals surface area contributed by atoms with E-state index in [0.29, 0.717) is 28.9 Å². The van der Waals surface area contributed by atoms with Gasteiger partial charge in [-0.3, -0.25) is 9.59 Å². The molecule has 0 aromatic heterocycles. The summed E-state index contributed by atoms with van der Waals surface area (Å²) < 4.78 is 27.7. The van der Waals surface area contributed by atoms with E-state index in [-0.39, 0.29) is 17.1 Å². The van der Waals surface area contributed by atoms with Crippen LogP contribution in [0.4, 0.5) is 0 Å². The number of fused-ring (bicyclic) bond motifs is 1. The molecule has 3 atom stereocenters. The Labute approximate surface area is 208 Å². The van der Waals surface area contributed by atoms with E-state index in [1.807, 2.05) is 0 Å². The number of aldehydes is 1. The average Bonchev–Trinajstić information content (AvgIpc) is 3.23. The van der Waals surface area contributed by atoms with Crippen LogP contribution >= 0.6 is 0 Å². The van der Waals surface area contributed by atoms with Gasteiger partial charge in [-0.05, 0) is 17.7 Å². The SMILES string of the molecule is COC(=O)C(C=O)C(c1ccccc1)[C@]1(c2ccc(OC)cc2)Oc2cc(OC)cc(OC)c2C1=O. The summed E-state index contributed by atoms with van der Waals surface area (Å²) in [7, 11) is 5.65. The summed E-state index contributed by atoms with van der Waals surface area (Å²) in [6.07, 6.45) is 0.492. The number of benzene rings is 3. The second kappa shape index (κ2) is 10.1. The third-order valence-electron chi connectivity index (χ3n) is 6.43. The van der Waals surface area contributed by atoms with Crippen molar-refractivity contribution in [3.8, 4) is 23.0 Å². The normalized spacial score (nSPS) is 17.8. The monoisotopic (exact) mass is 490 g/mol. The van der Waals surface area contributed by atoms with Crippen molar-refractivity contribution in [1.82, 2.24) is 0 Å². The first kappa shape index (κ1) is 24.8. The molecule has 1 aliphatic heterocycles. The smallest absolute Gasteiger partial charge is 0.316 e. The second-order valence-corrected chi connectivity index (χ2v) is 8.17. The van der Waals surface area contributed by atoms with E-state index in [1.165, 1.54) is 28.4 Å². The topological polar surface area (TPSA) is 97.4 Å². The molecule has 0 amide bonds. The zero-order chi connectivity index (χ0) is 25.9. The molecule has 0 saturated heterocycles. The molecule has 36 heavy (non-hydrogen) atoms. The van der Waals surface area contributed by atoms with Crippen LogP contribution in [0.3, 0.4) is 0 Å². The second-order valence-electron chi connectivity index (χ2n) is 8.17. The first-order chi connectivity index (χ1) is 17.4. The molecular formula is C28H26O8. The van der Waals surface area contributed by atoms with Crippen molar-refractivity contribution in [1.29, 1.82) is 0 Å². The molecule has 0 spiro atoms. The first-order valence-electron chi connectivity index (χ1n) is 11.2. The Hall–Kier alpha value is -4.33. The minimum Gasteiger partial charge on any atom is -0.497 e. The third-order valence-corrected chi connectivity index (χ3v) is 6.43. The standard InChI is InChI=1S/C28H26O8/c1-32-19-12-10-18(11-13-19)28(25(17-8-6-5-7-9-17)21(16-29)27(31)35-4)26(30)24-22(34-3)14-20(33-2)15-23(24)36-28/h5-16,21,25H,1-4H3/t21?,25?,28-/m0/s1. The number of hydrogen-bond acceptors (Lipinski definition) is 8. The molecule has 3 aromatic rings. The van der Waals surface area contributed by atoms with E-state index >= 15 is 0 Å². The molecule has 186 valence electrons. The van der Waals surface area contributed by atoms with Crippen LogP contribution in [-0.4, -0.2) is 46.5 Å². The zero-order valence-corrected chi connectivity index (χ0v) is 20.3. The highest BCUT2D eigenvalue weighted by Crippen LogP contribution is 2.55. The van der Waals surface area contributed by atoms with Gasteiger partial charge >= 0.3 is 5.97 Å². The number of methoxy groups -OCH3 is 4. The minimum atomic E-state index is -1.81. The number of hydrogen-bond donors (Lipinski definition) is 0. The van der Waals surface area contributed by atoms with Gasteiger partial charge in [-0.25, -0.2) is 0 Å². The maximum atomic E-state index is 14.5. The van der Waals surface area contributed by atoms with Crippen LogP contribution < -0.4 is 18.9 Å². The summed E-state index contributed by atoms with van der Waals surface area (Å²) in [5.74, 6) is -2.25. The van der Waals surface area contributed by atoms with E-state index < -0.39 is 29.2 Å². The van der Waals surface area contributed by atoms with Gasteiger partial charge in [-0.1, -0.05) is 42.5 Å². The lowest BCUT2D eigenvalue weighted by Gasteiger charge is -2.38. The molecule has 2 unspecified atom stereocenters. The van der Waals surface area contributed by atoms with E-state index in [0.717, 1.165) is 0 Å². The molecular weight excluding hydrogens is 464 g/mol. The number of Topliss-reactive ketones (excluding diaryl/α,β-unsaturated/α-hetero) is 1. The Morgan fingerprint density at radius 3 is 2.11 bits per heavy atom. The summed E-state index contributed by atoms with van der Waals surface area (Å²) in [5, 5.41) is 0. The number of ether oxygens (including phenoxy) is 5. The Morgan fingerprint density at radius 2 is 1.56 bits per heavy atom. The van der Waals surface area contributed by atoms with Crippen molar-refractivity contribution in [2.24, 2.45) is 5.92 Å². The Morgan fingerprint density at radius 1 is 0.889 bits per heavy atom. The predicted molar refractivity (Wildman–Crippen MR) is 130 cm³/mol. The van der Waals surface area contributed by atoms with Gasteiger partial charge in [0.05, 0.1) is 34.4 Å². The average molecular weight is 491 g/mol. The van der Waals surface area contributed by atoms with E-state index in [1.54, 1.807) is 66.7 Å². The van der Waals surface area contributed by atoms with Gasteiger partial charge < -0.3 is 28.5 Å². The number of esters is 1. The largest absolute Gasteiger partial charge is 0.497 e. The quantitative estimate of drug-likeness (QED) is 0.253. The van der Waals surface area contributed by atoms with Crippen LogP contribution in [0.2, 0.25) is 0 Å². The van der Waals surface area contributed by atoms with Gasteiger partial charge in [-0.2, -0.15) is 0 Å². The van der Waals surface area contributed by atoms with Crippen molar-refractivity contribution in [2.45, 2.75) is 11.5 Å². The molecule has 0 aliphatic carbocycles. The predicted octanol–water partition coefficient (Wildman–Crippen LogP) is 3.95. The van der Waals surface area contributed by atoms with Crippen LogP contribution in [0.1, 0.15) is 27.4 Å². The summed E-state index contributed by atoms with van der Waals surface area (Å²) >= 11 is 0. The lowest BCUT2D eigenvalue weighted by atomic mass is 9.68. The fourth-order valence-corrected chi connectivity index (χ4v) is 4.73. The van der Waals surface area contributed by atoms with Gasteiger partial charge in [0.2, 0.25) is 11.4 Å². The molecule has 3 aromatic carbocycles. The maximum Gasteiger partial charge on any atom is 0.316 e. The van der Waals surface area contributed by atoms with Crippen molar-refractivity contribution in [2.75, 3.05) is 28.4 Å². The number of carbonyl (C=O) groups excluding carboxylic acids is 3. The number of carbonyl (C=O) groups is 3. The van der Waals surface area contributed by atoms with Gasteiger partial charge in [-0.15, -0.1) is 0 Å². The molecule has 0 saturated carbocycles. The van der Waals surface area contributed by atoms with E-state index in [4.69, 9.17) is 23.7 Å². The Bertz CT molecular complexity index is 1270. The van der Waals surface area contributed by atoms with Crippen molar-refractivity contribution in [3.63, 3.8) is 0 Å². The highest BCUT2D eigenvalue weighted by atomic mass is 16.5. The summed E-state index contributed by atoms with van der Waals surface area (Å²) in [4.78, 5) is 39.8. The Kier molecular flexibility index (Phi) is 6.96. The highest BCUT2D eigenvalue weighted by molar-refractivity contribution is 6.11. The molecule has 8 heteroatoms. The van der Waals surface area contributed by atoms with Crippen molar-refractivity contribution >= 4 is 18.0 Å². The summed E-state index contributed by atoms with van der Waals surface area (Å²) in [6, 6.07) is 18.7. The molecule has 8 nitrogen and oxygen atoms in total. The van der Waals surface area contributed by atoms with Crippen LogP contribution in [-0.2, 0) is 19.9 Å². The minimum absolute atomic E-state index is 0.185.